The predicted molar refractivity (Wildman–Crippen MR) is 107 cm³/mol. The first kappa shape index (κ1) is 17.7. The molecule has 136 valence electrons. The minimum atomic E-state index is -0.391. The average molecular weight is 353 g/mol. The Hall–Kier alpha value is -3.09. The molecule has 1 N–H and O–H groups in total. The Morgan fingerprint density at radius 3 is 2.46 bits per heavy atom. The summed E-state index contributed by atoms with van der Waals surface area (Å²) in [6, 6.07) is 13.0. The molecule has 1 saturated heterocycles. The molecule has 0 radical (unpaired) electrons. The maximum atomic E-state index is 11.3. The number of nitro groups is 1. The molecule has 0 aliphatic carbocycles. The molecule has 2 aromatic carbocycles. The highest BCUT2D eigenvalue weighted by molar-refractivity contribution is 5.81. The first-order chi connectivity index (χ1) is 12.5. The number of hydrogen-bond donors (Lipinski definition) is 1. The molecule has 1 aliphatic heterocycles. The first-order valence-corrected chi connectivity index (χ1v) is 8.64. The second-order valence-electron chi connectivity index (χ2n) is 6.51. The van der Waals surface area contributed by atoms with Crippen LogP contribution in [0.25, 0.3) is 0 Å². The Morgan fingerprint density at radius 2 is 1.85 bits per heavy atom. The van der Waals surface area contributed by atoms with Gasteiger partial charge in [-0.2, -0.15) is 5.10 Å². The van der Waals surface area contributed by atoms with Crippen molar-refractivity contribution in [2.75, 3.05) is 42.4 Å². The number of rotatable bonds is 6. The van der Waals surface area contributed by atoms with Crippen LogP contribution in [-0.2, 0) is 0 Å². The zero-order valence-electron chi connectivity index (χ0n) is 15.1. The number of hydrogen-bond acceptors (Lipinski definition) is 6. The lowest BCUT2D eigenvalue weighted by Gasteiger charge is -2.18. The van der Waals surface area contributed by atoms with Crippen molar-refractivity contribution in [1.82, 2.24) is 0 Å². The molecule has 0 atom stereocenters. The fraction of sp³-hybridized carbons (Fsp3) is 0.316. The summed E-state index contributed by atoms with van der Waals surface area (Å²) in [6.07, 6.45) is 3.97. The number of nitro benzene ring substituents is 1. The van der Waals surface area contributed by atoms with Gasteiger partial charge in [0.15, 0.2) is 0 Å². The molecule has 0 unspecified atom stereocenters. The van der Waals surface area contributed by atoms with Gasteiger partial charge in [0, 0.05) is 44.6 Å². The lowest BCUT2D eigenvalue weighted by atomic mass is 10.2. The van der Waals surface area contributed by atoms with Crippen molar-refractivity contribution in [3.63, 3.8) is 0 Å². The summed E-state index contributed by atoms with van der Waals surface area (Å²) in [7, 11) is 3.97. The first-order valence-electron chi connectivity index (χ1n) is 8.64. The van der Waals surface area contributed by atoms with Gasteiger partial charge in [0.2, 0.25) is 0 Å². The van der Waals surface area contributed by atoms with Crippen LogP contribution in [0.15, 0.2) is 47.6 Å². The Balaban J connectivity index is 1.76. The van der Waals surface area contributed by atoms with Gasteiger partial charge in [0.05, 0.1) is 11.1 Å². The summed E-state index contributed by atoms with van der Waals surface area (Å²) in [5.74, 6) is 0. The Labute approximate surface area is 153 Å². The lowest BCUT2D eigenvalue weighted by Crippen LogP contribution is -2.17. The molecule has 1 aliphatic rings. The van der Waals surface area contributed by atoms with Gasteiger partial charge in [-0.15, -0.1) is 0 Å². The zero-order valence-corrected chi connectivity index (χ0v) is 15.1. The standard InChI is InChI=1S/C19H23N5O2/c1-22(2)16-7-5-15(6-8-16)14-20-21-18-13-17(23-11-3-4-12-23)9-10-19(18)24(25)26/h5-10,13-14,21H,3-4,11-12H2,1-2H3/b20-14+. The van der Waals surface area contributed by atoms with E-state index in [0.29, 0.717) is 5.69 Å². The van der Waals surface area contributed by atoms with E-state index in [4.69, 9.17) is 0 Å². The van der Waals surface area contributed by atoms with Crippen LogP contribution < -0.4 is 15.2 Å². The third-order valence-electron chi connectivity index (χ3n) is 4.46. The predicted octanol–water partition coefficient (Wildman–Crippen LogP) is 3.71. The minimum absolute atomic E-state index is 0.0213. The Morgan fingerprint density at radius 1 is 1.15 bits per heavy atom. The molecule has 0 amide bonds. The van der Waals surface area contributed by atoms with Crippen LogP contribution in [-0.4, -0.2) is 38.3 Å². The van der Waals surface area contributed by atoms with E-state index < -0.39 is 4.92 Å². The summed E-state index contributed by atoms with van der Waals surface area (Å²) >= 11 is 0. The van der Waals surface area contributed by atoms with Crippen LogP contribution in [0.1, 0.15) is 18.4 Å². The van der Waals surface area contributed by atoms with Gasteiger partial charge in [-0.05, 0) is 42.7 Å². The highest BCUT2D eigenvalue weighted by Gasteiger charge is 2.18. The summed E-state index contributed by atoms with van der Waals surface area (Å²) in [4.78, 5) is 15.1. The van der Waals surface area contributed by atoms with Crippen LogP contribution in [0, 0.1) is 10.1 Å². The monoisotopic (exact) mass is 353 g/mol. The fourth-order valence-corrected chi connectivity index (χ4v) is 2.98. The smallest absolute Gasteiger partial charge is 0.294 e. The van der Waals surface area contributed by atoms with Crippen molar-refractivity contribution in [2.24, 2.45) is 5.10 Å². The number of hydrazone groups is 1. The fourth-order valence-electron chi connectivity index (χ4n) is 2.98. The van der Waals surface area contributed by atoms with E-state index in [9.17, 15) is 10.1 Å². The van der Waals surface area contributed by atoms with E-state index >= 15 is 0 Å². The maximum Gasteiger partial charge on any atom is 0.294 e. The molecule has 2 aromatic rings. The molecule has 26 heavy (non-hydrogen) atoms. The Kier molecular flexibility index (Phi) is 5.36. The van der Waals surface area contributed by atoms with Gasteiger partial charge in [-0.25, -0.2) is 0 Å². The third kappa shape index (κ3) is 4.11. The van der Waals surface area contributed by atoms with E-state index in [2.05, 4.69) is 15.4 Å². The van der Waals surface area contributed by atoms with E-state index in [1.54, 1.807) is 18.3 Å². The summed E-state index contributed by atoms with van der Waals surface area (Å²) in [5.41, 5.74) is 6.27. The second-order valence-corrected chi connectivity index (χ2v) is 6.51. The largest absolute Gasteiger partial charge is 0.378 e. The van der Waals surface area contributed by atoms with E-state index in [-0.39, 0.29) is 5.69 Å². The van der Waals surface area contributed by atoms with Crippen LogP contribution >= 0.6 is 0 Å². The van der Waals surface area contributed by atoms with Crippen LogP contribution in [0.3, 0.4) is 0 Å². The highest BCUT2D eigenvalue weighted by Crippen LogP contribution is 2.31. The third-order valence-corrected chi connectivity index (χ3v) is 4.46. The van der Waals surface area contributed by atoms with Gasteiger partial charge in [-0.1, -0.05) is 12.1 Å². The van der Waals surface area contributed by atoms with Crippen molar-refractivity contribution in [2.45, 2.75) is 12.8 Å². The average Bonchev–Trinajstić information content (AvgIpc) is 3.16. The molecule has 0 spiro atoms. The number of nitrogens with one attached hydrogen (secondary N) is 1. The molecule has 0 saturated carbocycles. The topological polar surface area (TPSA) is 74.0 Å². The molecular formula is C19H23N5O2. The normalized spacial score (nSPS) is 14.0. The molecule has 0 aromatic heterocycles. The maximum absolute atomic E-state index is 11.3. The van der Waals surface area contributed by atoms with E-state index in [1.165, 1.54) is 6.07 Å². The molecular weight excluding hydrogens is 330 g/mol. The lowest BCUT2D eigenvalue weighted by molar-refractivity contribution is -0.383. The van der Waals surface area contributed by atoms with Gasteiger partial charge >= 0.3 is 0 Å². The van der Waals surface area contributed by atoms with Crippen molar-refractivity contribution < 1.29 is 4.92 Å². The molecule has 1 fully saturated rings. The van der Waals surface area contributed by atoms with Crippen molar-refractivity contribution in [1.29, 1.82) is 0 Å². The minimum Gasteiger partial charge on any atom is -0.378 e. The van der Waals surface area contributed by atoms with Crippen LogP contribution in [0.2, 0.25) is 0 Å². The molecule has 3 rings (SSSR count). The van der Waals surface area contributed by atoms with Gasteiger partial charge in [0.1, 0.15) is 5.69 Å². The van der Waals surface area contributed by atoms with Gasteiger partial charge in [-0.3, -0.25) is 15.5 Å². The van der Waals surface area contributed by atoms with Gasteiger partial charge in [0.25, 0.3) is 5.69 Å². The molecule has 0 bridgehead atoms. The quantitative estimate of drug-likeness (QED) is 0.487. The summed E-state index contributed by atoms with van der Waals surface area (Å²) < 4.78 is 0. The second kappa shape index (κ2) is 7.86. The SMILES string of the molecule is CN(C)c1ccc(/C=N/Nc2cc(N3CCCC3)ccc2[N+](=O)[O-])cc1. The molecule has 7 heteroatoms. The highest BCUT2D eigenvalue weighted by atomic mass is 16.6. The van der Waals surface area contributed by atoms with Crippen LogP contribution in [0.4, 0.5) is 22.7 Å². The van der Waals surface area contributed by atoms with E-state index in [1.807, 2.05) is 43.3 Å². The number of anilines is 3. The van der Waals surface area contributed by atoms with Crippen molar-refractivity contribution in [3.8, 4) is 0 Å². The molecule has 1 heterocycles. The van der Waals surface area contributed by atoms with Crippen molar-refractivity contribution in [3.05, 3.63) is 58.1 Å². The zero-order chi connectivity index (χ0) is 18.5. The van der Waals surface area contributed by atoms with Crippen molar-refractivity contribution >= 4 is 29.0 Å². The summed E-state index contributed by atoms with van der Waals surface area (Å²) in [6.45, 7) is 1.97. The van der Waals surface area contributed by atoms with E-state index in [0.717, 1.165) is 42.9 Å². The number of nitrogens with zero attached hydrogens (tertiary/aromatic N) is 4. The Bertz CT molecular complexity index is 796. The van der Waals surface area contributed by atoms with Crippen LogP contribution in [0.5, 0.6) is 0 Å². The number of benzene rings is 2. The van der Waals surface area contributed by atoms with Gasteiger partial charge < -0.3 is 9.80 Å². The summed E-state index contributed by atoms with van der Waals surface area (Å²) in [5, 5.41) is 15.5. The molecule has 7 nitrogen and oxygen atoms in total.